The summed E-state index contributed by atoms with van der Waals surface area (Å²) in [6, 6.07) is 24.0. The van der Waals surface area contributed by atoms with Crippen molar-refractivity contribution in [1.29, 1.82) is 0 Å². The maximum absolute atomic E-state index is 13.2. The van der Waals surface area contributed by atoms with Crippen LogP contribution in [0.15, 0.2) is 78.9 Å². The van der Waals surface area contributed by atoms with Gasteiger partial charge in [-0.05, 0) is 67.4 Å². The fourth-order valence-corrected chi connectivity index (χ4v) is 4.46. The van der Waals surface area contributed by atoms with Crippen LogP contribution in [0.5, 0.6) is 17.2 Å². The lowest BCUT2D eigenvalue weighted by Gasteiger charge is -2.23. The Morgan fingerprint density at radius 3 is 2.10 bits per heavy atom. The zero-order valence-electron chi connectivity index (χ0n) is 24.8. The lowest BCUT2D eigenvalue weighted by atomic mass is 10.1. The molecule has 8 heteroatoms. The van der Waals surface area contributed by atoms with Crippen LogP contribution < -0.4 is 14.8 Å². The van der Waals surface area contributed by atoms with Crippen LogP contribution in [0.4, 0.5) is 10.5 Å². The minimum Gasteiger partial charge on any atom is -0.492 e. The van der Waals surface area contributed by atoms with E-state index in [2.05, 4.69) is 12.2 Å². The summed E-state index contributed by atoms with van der Waals surface area (Å²) >= 11 is 0. The van der Waals surface area contributed by atoms with E-state index in [9.17, 15) is 14.7 Å². The highest BCUT2D eigenvalue weighted by atomic mass is 16.5. The third-order valence-corrected chi connectivity index (χ3v) is 6.77. The second kappa shape index (κ2) is 18.4. The number of para-hydroxylation sites is 1. The van der Waals surface area contributed by atoms with Gasteiger partial charge in [0.1, 0.15) is 23.9 Å². The maximum atomic E-state index is 13.2. The van der Waals surface area contributed by atoms with Crippen LogP contribution in [0.2, 0.25) is 0 Å². The molecule has 3 rings (SSSR count). The zero-order valence-corrected chi connectivity index (χ0v) is 24.8. The number of nitrogens with zero attached hydrogens (tertiary/aromatic N) is 1. The van der Waals surface area contributed by atoms with E-state index in [4.69, 9.17) is 14.2 Å². The van der Waals surface area contributed by atoms with Crippen LogP contribution in [0.1, 0.15) is 57.9 Å². The monoisotopic (exact) mass is 576 g/mol. The van der Waals surface area contributed by atoms with E-state index in [0.717, 1.165) is 24.2 Å². The standard InChI is InChI=1S/C34H44N2O6/c1-3-5-6-7-8-12-23-36(24-25-41-29-19-15-27(16-20-29)26-32(33(37)38)40-4-2)34(39)35-28-17-21-31(22-18-28)42-30-13-10-9-11-14-30/h9-11,13-22,32H,3-8,12,23-26H2,1-2H3,(H,35,39)(H,37,38). The summed E-state index contributed by atoms with van der Waals surface area (Å²) in [5.74, 6) is 1.14. The highest BCUT2D eigenvalue weighted by molar-refractivity contribution is 5.89. The molecule has 1 atom stereocenters. The normalized spacial score (nSPS) is 11.5. The number of carboxylic acid groups (broad SMARTS) is 1. The average Bonchev–Trinajstić information content (AvgIpc) is 3.00. The highest BCUT2D eigenvalue weighted by Gasteiger charge is 2.18. The van der Waals surface area contributed by atoms with Crippen molar-refractivity contribution in [1.82, 2.24) is 4.90 Å². The Labute approximate surface area is 249 Å². The number of nitrogens with one attached hydrogen (secondary N) is 1. The van der Waals surface area contributed by atoms with Crippen LogP contribution in [-0.4, -0.2) is 54.4 Å². The molecule has 0 saturated carbocycles. The summed E-state index contributed by atoms with van der Waals surface area (Å²) in [4.78, 5) is 26.4. The van der Waals surface area contributed by atoms with E-state index in [1.165, 1.54) is 25.7 Å². The van der Waals surface area contributed by atoms with Crippen LogP contribution in [0, 0.1) is 0 Å². The first kappa shape index (κ1) is 32.5. The van der Waals surface area contributed by atoms with Gasteiger partial charge in [0.15, 0.2) is 6.10 Å². The Kier molecular flexibility index (Phi) is 14.2. The Hall–Kier alpha value is -4.04. The van der Waals surface area contributed by atoms with Gasteiger partial charge in [-0.3, -0.25) is 0 Å². The largest absolute Gasteiger partial charge is 0.492 e. The molecular formula is C34H44N2O6. The van der Waals surface area contributed by atoms with Crippen LogP contribution in [0.3, 0.4) is 0 Å². The number of unbranched alkanes of at least 4 members (excludes halogenated alkanes) is 5. The number of hydrogen-bond acceptors (Lipinski definition) is 5. The second-order valence-electron chi connectivity index (χ2n) is 10.1. The minimum absolute atomic E-state index is 0.171. The second-order valence-corrected chi connectivity index (χ2v) is 10.1. The lowest BCUT2D eigenvalue weighted by molar-refractivity contribution is -0.149. The average molecular weight is 577 g/mol. The molecule has 0 saturated heterocycles. The maximum Gasteiger partial charge on any atom is 0.333 e. The van der Waals surface area contributed by atoms with E-state index >= 15 is 0 Å². The number of ether oxygens (including phenoxy) is 3. The first-order valence-corrected chi connectivity index (χ1v) is 14.9. The summed E-state index contributed by atoms with van der Waals surface area (Å²) in [5.41, 5.74) is 1.55. The van der Waals surface area contributed by atoms with Gasteiger partial charge in [-0.15, -0.1) is 0 Å². The van der Waals surface area contributed by atoms with E-state index in [1.54, 1.807) is 11.8 Å². The Morgan fingerprint density at radius 2 is 1.43 bits per heavy atom. The highest BCUT2D eigenvalue weighted by Crippen LogP contribution is 2.23. The minimum atomic E-state index is -0.975. The molecule has 0 aliphatic carbocycles. The summed E-state index contributed by atoms with van der Waals surface area (Å²) < 4.78 is 17.1. The molecule has 2 N–H and O–H groups in total. The number of anilines is 1. The van der Waals surface area contributed by atoms with Crippen molar-refractivity contribution in [2.75, 3.05) is 31.6 Å². The van der Waals surface area contributed by atoms with Crippen molar-refractivity contribution in [3.8, 4) is 17.2 Å². The Balaban J connectivity index is 1.53. The zero-order chi connectivity index (χ0) is 30.0. The van der Waals surface area contributed by atoms with Crippen LogP contribution >= 0.6 is 0 Å². The van der Waals surface area contributed by atoms with E-state index in [1.807, 2.05) is 78.9 Å². The number of carbonyl (C=O) groups excluding carboxylic acids is 1. The summed E-state index contributed by atoms with van der Waals surface area (Å²) in [6.45, 7) is 5.74. The number of carbonyl (C=O) groups is 2. The van der Waals surface area contributed by atoms with Crippen molar-refractivity contribution in [3.05, 3.63) is 84.4 Å². The molecule has 0 bridgehead atoms. The number of aliphatic carboxylic acids is 1. The van der Waals surface area contributed by atoms with Crippen molar-refractivity contribution in [3.63, 3.8) is 0 Å². The van der Waals surface area contributed by atoms with Crippen LogP contribution in [-0.2, 0) is 16.0 Å². The summed E-state index contributed by atoms with van der Waals surface area (Å²) in [6.07, 6.45) is 6.26. The number of rotatable bonds is 19. The van der Waals surface area contributed by atoms with E-state index < -0.39 is 12.1 Å². The van der Waals surface area contributed by atoms with Gasteiger partial charge in [0, 0.05) is 25.3 Å². The molecular weight excluding hydrogens is 532 g/mol. The molecule has 226 valence electrons. The fraction of sp³-hybridized carbons (Fsp3) is 0.412. The molecule has 0 aliphatic rings. The molecule has 0 aliphatic heterocycles. The van der Waals surface area contributed by atoms with Crippen molar-refractivity contribution in [2.45, 2.75) is 64.9 Å². The van der Waals surface area contributed by atoms with Gasteiger partial charge >= 0.3 is 12.0 Å². The predicted octanol–water partition coefficient (Wildman–Crippen LogP) is 7.78. The van der Waals surface area contributed by atoms with Crippen molar-refractivity contribution in [2.24, 2.45) is 0 Å². The smallest absolute Gasteiger partial charge is 0.333 e. The van der Waals surface area contributed by atoms with Gasteiger partial charge in [0.05, 0.1) is 6.54 Å². The van der Waals surface area contributed by atoms with Gasteiger partial charge in [0.25, 0.3) is 0 Å². The number of benzene rings is 3. The van der Waals surface area contributed by atoms with Crippen molar-refractivity contribution < 1.29 is 28.9 Å². The first-order valence-electron chi connectivity index (χ1n) is 14.9. The summed E-state index contributed by atoms with van der Waals surface area (Å²) in [5, 5.41) is 12.3. The van der Waals surface area contributed by atoms with Gasteiger partial charge in [-0.1, -0.05) is 69.4 Å². The molecule has 42 heavy (non-hydrogen) atoms. The van der Waals surface area contributed by atoms with Crippen molar-refractivity contribution >= 4 is 17.7 Å². The molecule has 0 radical (unpaired) electrons. The fourth-order valence-electron chi connectivity index (χ4n) is 4.46. The Morgan fingerprint density at radius 1 is 0.786 bits per heavy atom. The molecule has 3 aromatic rings. The number of hydrogen-bond donors (Lipinski definition) is 2. The van der Waals surface area contributed by atoms with Gasteiger partial charge < -0.3 is 29.5 Å². The van der Waals surface area contributed by atoms with Crippen LogP contribution in [0.25, 0.3) is 0 Å². The van der Waals surface area contributed by atoms with E-state index in [0.29, 0.717) is 43.5 Å². The summed E-state index contributed by atoms with van der Waals surface area (Å²) in [7, 11) is 0. The molecule has 8 nitrogen and oxygen atoms in total. The van der Waals surface area contributed by atoms with Gasteiger partial charge in [0.2, 0.25) is 0 Å². The third-order valence-electron chi connectivity index (χ3n) is 6.77. The lowest BCUT2D eigenvalue weighted by Crippen LogP contribution is -2.38. The number of carboxylic acids is 1. The molecule has 1 unspecified atom stereocenters. The molecule has 0 fully saturated rings. The quantitative estimate of drug-likeness (QED) is 0.141. The first-order chi connectivity index (χ1) is 20.5. The van der Waals surface area contributed by atoms with E-state index in [-0.39, 0.29) is 12.5 Å². The SMILES string of the molecule is CCCCCCCCN(CCOc1ccc(CC(OCC)C(=O)O)cc1)C(=O)Nc1ccc(Oc2ccccc2)cc1. The van der Waals surface area contributed by atoms with Gasteiger partial charge in [-0.25, -0.2) is 9.59 Å². The topological polar surface area (TPSA) is 97.3 Å². The molecule has 3 aromatic carbocycles. The Bertz CT molecular complexity index is 1180. The molecule has 2 amide bonds. The predicted molar refractivity (Wildman–Crippen MR) is 166 cm³/mol. The third kappa shape index (κ3) is 11.8. The number of urea groups is 1. The van der Waals surface area contributed by atoms with Gasteiger partial charge in [-0.2, -0.15) is 0 Å². The molecule has 0 aromatic heterocycles. The molecule has 0 heterocycles. The number of amides is 2. The molecule has 0 spiro atoms.